The fraction of sp³-hybridized carbons (Fsp3) is 0.385. The maximum atomic E-state index is 13.1. The number of hydrogen-bond acceptors (Lipinski definition) is 3. The molecule has 0 bridgehead atoms. The normalized spacial score (nSPS) is 11.2. The van der Waals surface area contributed by atoms with Gasteiger partial charge in [0.2, 0.25) is 0 Å². The van der Waals surface area contributed by atoms with Crippen LogP contribution in [0.25, 0.3) is 11.0 Å². The van der Waals surface area contributed by atoms with Crippen LogP contribution in [0.4, 0.5) is 4.39 Å². The molecule has 0 saturated heterocycles. The number of furan rings is 1. The molecule has 0 aliphatic carbocycles. The highest BCUT2D eigenvalue weighted by Gasteiger charge is 2.10. The monoisotopic (exact) mass is 236 g/mol. The number of benzene rings is 1. The predicted molar refractivity (Wildman–Crippen MR) is 66.3 cm³/mol. The third-order valence-electron chi connectivity index (χ3n) is 2.84. The van der Waals surface area contributed by atoms with E-state index >= 15 is 0 Å². The Kier molecular flexibility index (Phi) is 3.76. The van der Waals surface area contributed by atoms with Gasteiger partial charge in [-0.05, 0) is 50.2 Å². The van der Waals surface area contributed by atoms with Gasteiger partial charge in [0.05, 0.1) is 6.54 Å². The highest BCUT2D eigenvalue weighted by Crippen LogP contribution is 2.25. The molecule has 0 amide bonds. The van der Waals surface area contributed by atoms with Crippen molar-refractivity contribution >= 4 is 11.0 Å². The second-order valence-corrected chi connectivity index (χ2v) is 4.11. The van der Waals surface area contributed by atoms with Gasteiger partial charge in [-0.3, -0.25) is 0 Å². The summed E-state index contributed by atoms with van der Waals surface area (Å²) in [5.74, 6) is 0.631. The molecule has 0 fully saturated rings. The van der Waals surface area contributed by atoms with Gasteiger partial charge >= 0.3 is 0 Å². The molecule has 3 N–H and O–H groups in total. The van der Waals surface area contributed by atoms with Crippen LogP contribution in [0.3, 0.4) is 0 Å². The smallest absolute Gasteiger partial charge is 0.134 e. The lowest BCUT2D eigenvalue weighted by Gasteiger charge is -2.01. The predicted octanol–water partition coefficient (Wildman–Crippen LogP) is 2.32. The third-order valence-corrected chi connectivity index (χ3v) is 2.84. The molecule has 0 saturated carbocycles. The van der Waals surface area contributed by atoms with Crippen molar-refractivity contribution < 1.29 is 8.81 Å². The molecule has 0 spiro atoms. The van der Waals surface area contributed by atoms with E-state index in [2.05, 4.69) is 5.32 Å². The van der Waals surface area contributed by atoms with Crippen molar-refractivity contribution in [3.05, 3.63) is 35.3 Å². The molecule has 17 heavy (non-hydrogen) atoms. The van der Waals surface area contributed by atoms with E-state index in [4.69, 9.17) is 10.2 Å². The summed E-state index contributed by atoms with van der Waals surface area (Å²) in [6.07, 6.45) is 0.938. The average molecular weight is 236 g/mol. The van der Waals surface area contributed by atoms with Gasteiger partial charge in [-0.15, -0.1) is 0 Å². The molecular weight excluding hydrogens is 219 g/mol. The molecule has 4 heteroatoms. The van der Waals surface area contributed by atoms with Crippen molar-refractivity contribution in [1.82, 2.24) is 5.32 Å². The zero-order valence-electron chi connectivity index (χ0n) is 9.92. The topological polar surface area (TPSA) is 51.2 Å². The average Bonchev–Trinajstić information content (AvgIpc) is 2.62. The summed E-state index contributed by atoms with van der Waals surface area (Å²) >= 11 is 0. The Bertz CT molecular complexity index is 507. The Hall–Kier alpha value is -1.39. The van der Waals surface area contributed by atoms with Crippen LogP contribution in [-0.2, 0) is 6.54 Å². The van der Waals surface area contributed by atoms with E-state index in [-0.39, 0.29) is 5.82 Å². The second-order valence-electron chi connectivity index (χ2n) is 4.11. The maximum absolute atomic E-state index is 13.1. The van der Waals surface area contributed by atoms with Crippen LogP contribution in [0.2, 0.25) is 0 Å². The molecule has 0 unspecified atom stereocenters. The fourth-order valence-corrected chi connectivity index (χ4v) is 1.84. The molecule has 2 aromatic rings. The fourth-order valence-electron chi connectivity index (χ4n) is 1.84. The van der Waals surface area contributed by atoms with Crippen molar-refractivity contribution in [2.24, 2.45) is 5.73 Å². The minimum atomic E-state index is -0.232. The molecular formula is C13H17FN2O. The first-order chi connectivity index (χ1) is 8.22. The summed E-state index contributed by atoms with van der Waals surface area (Å²) < 4.78 is 18.8. The number of fused-ring (bicyclic) bond motifs is 1. The van der Waals surface area contributed by atoms with Crippen LogP contribution in [0.5, 0.6) is 0 Å². The summed E-state index contributed by atoms with van der Waals surface area (Å²) in [5.41, 5.74) is 7.15. The van der Waals surface area contributed by atoms with Crippen molar-refractivity contribution in [1.29, 1.82) is 0 Å². The van der Waals surface area contributed by atoms with E-state index in [9.17, 15) is 4.39 Å². The highest BCUT2D eigenvalue weighted by atomic mass is 19.1. The Morgan fingerprint density at radius 3 is 3.00 bits per heavy atom. The molecule has 0 aliphatic rings. The zero-order chi connectivity index (χ0) is 12.3. The molecule has 0 radical (unpaired) electrons. The van der Waals surface area contributed by atoms with E-state index in [0.717, 1.165) is 35.3 Å². The van der Waals surface area contributed by atoms with Gasteiger partial charge in [-0.2, -0.15) is 0 Å². The van der Waals surface area contributed by atoms with E-state index in [1.54, 1.807) is 6.07 Å². The van der Waals surface area contributed by atoms with Gasteiger partial charge in [-0.1, -0.05) is 0 Å². The molecule has 92 valence electrons. The van der Waals surface area contributed by atoms with E-state index < -0.39 is 0 Å². The Morgan fingerprint density at radius 2 is 2.24 bits per heavy atom. The molecule has 0 aliphatic heterocycles. The summed E-state index contributed by atoms with van der Waals surface area (Å²) in [4.78, 5) is 0. The van der Waals surface area contributed by atoms with Crippen molar-refractivity contribution in [2.75, 3.05) is 13.1 Å². The molecule has 1 aromatic carbocycles. The Balaban J connectivity index is 2.15. The van der Waals surface area contributed by atoms with E-state index in [1.165, 1.54) is 12.1 Å². The van der Waals surface area contributed by atoms with Crippen molar-refractivity contribution in [3.8, 4) is 0 Å². The van der Waals surface area contributed by atoms with Crippen LogP contribution < -0.4 is 11.1 Å². The lowest BCUT2D eigenvalue weighted by Crippen LogP contribution is -2.17. The number of halogens is 1. The summed E-state index contributed by atoms with van der Waals surface area (Å²) in [6, 6.07) is 4.59. The summed E-state index contributed by atoms with van der Waals surface area (Å²) in [5, 5.41) is 4.10. The SMILES string of the molecule is Cc1c(CNCCCN)oc2ccc(F)cc12. The summed E-state index contributed by atoms with van der Waals surface area (Å²) in [7, 11) is 0. The van der Waals surface area contributed by atoms with Gasteiger partial charge in [0.25, 0.3) is 0 Å². The first-order valence-electron chi connectivity index (χ1n) is 5.80. The number of nitrogens with one attached hydrogen (secondary N) is 1. The van der Waals surface area contributed by atoms with Crippen LogP contribution >= 0.6 is 0 Å². The maximum Gasteiger partial charge on any atom is 0.134 e. The first kappa shape index (κ1) is 12.1. The van der Waals surface area contributed by atoms with E-state index in [1.807, 2.05) is 6.92 Å². The van der Waals surface area contributed by atoms with Crippen molar-refractivity contribution in [2.45, 2.75) is 19.9 Å². The lowest BCUT2D eigenvalue weighted by atomic mass is 10.1. The van der Waals surface area contributed by atoms with Gasteiger partial charge in [-0.25, -0.2) is 4.39 Å². The highest BCUT2D eigenvalue weighted by molar-refractivity contribution is 5.82. The minimum Gasteiger partial charge on any atom is -0.459 e. The third kappa shape index (κ3) is 2.65. The zero-order valence-corrected chi connectivity index (χ0v) is 9.92. The molecule has 1 aromatic heterocycles. The van der Waals surface area contributed by atoms with E-state index in [0.29, 0.717) is 13.1 Å². The van der Waals surface area contributed by atoms with Gasteiger partial charge in [0.1, 0.15) is 17.2 Å². The Labute approximate surface area is 99.8 Å². The van der Waals surface area contributed by atoms with Gasteiger partial charge in [0, 0.05) is 5.39 Å². The quantitative estimate of drug-likeness (QED) is 0.783. The second kappa shape index (κ2) is 5.29. The molecule has 0 atom stereocenters. The van der Waals surface area contributed by atoms with Crippen LogP contribution in [0, 0.1) is 12.7 Å². The largest absolute Gasteiger partial charge is 0.459 e. The number of nitrogens with two attached hydrogens (primary N) is 1. The van der Waals surface area contributed by atoms with Gasteiger partial charge < -0.3 is 15.5 Å². The Morgan fingerprint density at radius 1 is 1.41 bits per heavy atom. The number of hydrogen-bond donors (Lipinski definition) is 2. The molecule has 1 heterocycles. The van der Waals surface area contributed by atoms with Crippen LogP contribution in [0.1, 0.15) is 17.7 Å². The van der Waals surface area contributed by atoms with Crippen LogP contribution in [-0.4, -0.2) is 13.1 Å². The standard InChI is InChI=1S/C13H17FN2O/c1-9-11-7-10(14)3-4-12(11)17-13(9)8-16-6-2-5-15/h3-4,7,16H,2,5-6,8,15H2,1H3. The lowest BCUT2D eigenvalue weighted by molar-refractivity contribution is 0.507. The van der Waals surface area contributed by atoms with Gasteiger partial charge in [0.15, 0.2) is 0 Å². The summed E-state index contributed by atoms with van der Waals surface area (Å²) in [6.45, 7) is 4.14. The molecule has 3 nitrogen and oxygen atoms in total. The number of rotatable bonds is 5. The minimum absolute atomic E-state index is 0.232. The molecule has 2 rings (SSSR count). The van der Waals surface area contributed by atoms with Crippen molar-refractivity contribution in [3.63, 3.8) is 0 Å². The first-order valence-corrected chi connectivity index (χ1v) is 5.80. The number of aryl methyl sites for hydroxylation is 1. The van der Waals surface area contributed by atoms with Crippen LogP contribution in [0.15, 0.2) is 22.6 Å².